The summed E-state index contributed by atoms with van der Waals surface area (Å²) >= 11 is 0. The molecule has 0 aromatic carbocycles. The van der Waals surface area contributed by atoms with Crippen LogP contribution in [0.1, 0.15) is 56.3 Å². The van der Waals surface area contributed by atoms with Crippen molar-refractivity contribution in [2.45, 2.75) is 44.9 Å². The van der Waals surface area contributed by atoms with Crippen molar-refractivity contribution >= 4 is 0 Å². The fraction of sp³-hybridized carbons (Fsp3) is 0.750. The molecular formula is C12H20N2O. The van der Waals surface area contributed by atoms with Crippen molar-refractivity contribution in [3.05, 3.63) is 17.5 Å². The van der Waals surface area contributed by atoms with Crippen LogP contribution < -0.4 is 0 Å². The van der Waals surface area contributed by atoms with Crippen molar-refractivity contribution in [2.75, 3.05) is 13.2 Å². The summed E-state index contributed by atoms with van der Waals surface area (Å²) in [7, 11) is 0. The van der Waals surface area contributed by atoms with Crippen LogP contribution in [-0.4, -0.2) is 23.4 Å². The Hall–Kier alpha value is -0.830. The van der Waals surface area contributed by atoms with E-state index in [0.717, 1.165) is 32.5 Å². The van der Waals surface area contributed by atoms with Crippen LogP contribution in [0.4, 0.5) is 0 Å². The maximum Gasteiger partial charge on any atom is 0.0653 e. The number of hydrogen-bond acceptors (Lipinski definition) is 2. The molecule has 2 heterocycles. The van der Waals surface area contributed by atoms with Crippen LogP contribution in [0.15, 0.2) is 6.07 Å². The monoisotopic (exact) mass is 208 g/mol. The molecule has 1 aromatic rings. The van der Waals surface area contributed by atoms with E-state index in [4.69, 9.17) is 4.74 Å². The number of rotatable bonds is 3. The van der Waals surface area contributed by atoms with Gasteiger partial charge in [-0.15, -0.1) is 0 Å². The third kappa shape index (κ3) is 2.40. The fourth-order valence-corrected chi connectivity index (χ4v) is 2.03. The SMILES string of the molecule is CCC(C)c1cc(C2CCOCC2)[nH]n1. The van der Waals surface area contributed by atoms with Crippen LogP contribution >= 0.6 is 0 Å². The van der Waals surface area contributed by atoms with E-state index in [2.05, 4.69) is 30.1 Å². The molecule has 1 fully saturated rings. The van der Waals surface area contributed by atoms with Gasteiger partial charge in [0.1, 0.15) is 0 Å². The zero-order valence-corrected chi connectivity index (χ0v) is 9.62. The van der Waals surface area contributed by atoms with Gasteiger partial charge in [-0.2, -0.15) is 5.10 Å². The Morgan fingerprint density at radius 2 is 2.27 bits per heavy atom. The van der Waals surface area contributed by atoms with E-state index in [1.807, 2.05) is 0 Å². The quantitative estimate of drug-likeness (QED) is 0.829. The van der Waals surface area contributed by atoms with Gasteiger partial charge in [0.25, 0.3) is 0 Å². The van der Waals surface area contributed by atoms with Crippen LogP contribution in [0.2, 0.25) is 0 Å². The highest BCUT2D eigenvalue weighted by Gasteiger charge is 2.18. The summed E-state index contributed by atoms with van der Waals surface area (Å²) in [6, 6.07) is 2.24. The fourth-order valence-electron chi connectivity index (χ4n) is 2.03. The van der Waals surface area contributed by atoms with Crippen molar-refractivity contribution in [3.8, 4) is 0 Å². The minimum absolute atomic E-state index is 0.565. The first-order valence-corrected chi connectivity index (χ1v) is 5.94. The van der Waals surface area contributed by atoms with Gasteiger partial charge in [-0.25, -0.2) is 0 Å². The lowest BCUT2D eigenvalue weighted by atomic mass is 9.95. The van der Waals surface area contributed by atoms with Crippen molar-refractivity contribution in [1.82, 2.24) is 10.2 Å². The van der Waals surface area contributed by atoms with Crippen LogP contribution in [0.5, 0.6) is 0 Å². The lowest BCUT2D eigenvalue weighted by Crippen LogP contribution is -2.14. The zero-order chi connectivity index (χ0) is 10.7. The normalized spacial score (nSPS) is 20.4. The molecule has 0 spiro atoms. The summed E-state index contributed by atoms with van der Waals surface area (Å²) in [5, 5.41) is 7.58. The van der Waals surface area contributed by atoms with Crippen molar-refractivity contribution in [3.63, 3.8) is 0 Å². The number of aromatic nitrogens is 2. The summed E-state index contributed by atoms with van der Waals surface area (Å²) in [5.74, 6) is 1.19. The van der Waals surface area contributed by atoms with E-state index in [1.54, 1.807) is 0 Å². The van der Waals surface area contributed by atoms with Gasteiger partial charge in [0, 0.05) is 24.8 Å². The average Bonchev–Trinajstić information content (AvgIpc) is 2.78. The summed E-state index contributed by atoms with van der Waals surface area (Å²) in [4.78, 5) is 0. The van der Waals surface area contributed by atoms with Gasteiger partial charge in [-0.1, -0.05) is 13.8 Å². The summed E-state index contributed by atoms with van der Waals surface area (Å²) in [5.41, 5.74) is 2.51. The second-order valence-corrected chi connectivity index (χ2v) is 4.44. The summed E-state index contributed by atoms with van der Waals surface area (Å²) < 4.78 is 5.36. The third-order valence-corrected chi connectivity index (χ3v) is 3.40. The highest BCUT2D eigenvalue weighted by Crippen LogP contribution is 2.27. The molecule has 84 valence electrons. The van der Waals surface area contributed by atoms with E-state index in [0.29, 0.717) is 11.8 Å². The van der Waals surface area contributed by atoms with Crippen molar-refractivity contribution < 1.29 is 4.74 Å². The van der Waals surface area contributed by atoms with E-state index < -0.39 is 0 Å². The number of H-pyrrole nitrogens is 1. The van der Waals surface area contributed by atoms with Crippen molar-refractivity contribution in [1.29, 1.82) is 0 Å². The van der Waals surface area contributed by atoms with Crippen LogP contribution in [0.3, 0.4) is 0 Å². The molecule has 1 aromatic heterocycles. The van der Waals surface area contributed by atoms with Gasteiger partial charge >= 0.3 is 0 Å². The first kappa shape index (κ1) is 10.7. The second-order valence-electron chi connectivity index (χ2n) is 4.44. The number of ether oxygens (including phenoxy) is 1. The standard InChI is InChI=1S/C12H20N2O/c1-3-9(2)11-8-12(14-13-11)10-4-6-15-7-5-10/h8-10H,3-7H2,1-2H3,(H,13,14). The molecule has 0 aliphatic carbocycles. The maximum atomic E-state index is 5.36. The highest BCUT2D eigenvalue weighted by molar-refractivity contribution is 5.16. The summed E-state index contributed by atoms with van der Waals surface area (Å²) in [6.45, 7) is 6.21. The van der Waals surface area contributed by atoms with Gasteiger partial charge in [0.15, 0.2) is 0 Å². The lowest BCUT2D eigenvalue weighted by molar-refractivity contribution is 0.0845. The van der Waals surface area contributed by atoms with Crippen molar-refractivity contribution in [2.24, 2.45) is 0 Å². The molecular weight excluding hydrogens is 188 g/mol. The topological polar surface area (TPSA) is 37.9 Å². The largest absolute Gasteiger partial charge is 0.381 e. The Labute approximate surface area is 91.2 Å². The second kappa shape index (κ2) is 4.79. The average molecular weight is 208 g/mol. The molecule has 1 atom stereocenters. The first-order chi connectivity index (χ1) is 7.31. The molecule has 3 heteroatoms. The van der Waals surface area contributed by atoms with Gasteiger partial charge < -0.3 is 4.74 Å². The van der Waals surface area contributed by atoms with Crippen LogP contribution in [0, 0.1) is 0 Å². The van der Waals surface area contributed by atoms with Crippen LogP contribution in [0.25, 0.3) is 0 Å². The van der Waals surface area contributed by atoms with E-state index >= 15 is 0 Å². The Morgan fingerprint density at radius 1 is 1.53 bits per heavy atom. The van der Waals surface area contributed by atoms with Gasteiger partial charge in [0.05, 0.1) is 5.69 Å². The smallest absolute Gasteiger partial charge is 0.0653 e. The Bertz CT molecular complexity index is 302. The number of aromatic amines is 1. The van der Waals surface area contributed by atoms with Gasteiger partial charge in [-0.05, 0) is 31.2 Å². The maximum absolute atomic E-state index is 5.36. The minimum atomic E-state index is 0.565. The molecule has 0 amide bonds. The molecule has 3 nitrogen and oxygen atoms in total. The van der Waals surface area contributed by atoms with E-state index in [1.165, 1.54) is 11.4 Å². The van der Waals surface area contributed by atoms with E-state index in [9.17, 15) is 0 Å². The predicted molar refractivity (Wildman–Crippen MR) is 60.1 cm³/mol. The molecule has 2 rings (SSSR count). The Morgan fingerprint density at radius 3 is 2.93 bits per heavy atom. The third-order valence-electron chi connectivity index (χ3n) is 3.40. The van der Waals surface area contributed by atoms with E-state index in [-0.39, 0.29) is 0 Å². The lowest BCUT2D eigenvalue weighted by Gasteiger charge is -2.20. The number of nitrogens with one attached hydrogen (secondary N) is 1. The van der Waals surface area contributed by atoms with Crippen LogP contribution in [-0.2, 0) is 4.74 Å². The Kier molecular flexibility index (Phi) is 3.41. The molecule has 0 saturated carbocycles. The highest BCUT2D eigenvalue weighted by atomic mass is 16.5. The zero-order valence-electron chi connectivity index (χ0n) is 9.62. The predicted octanol–water partition coefficient (Wildman–Crippen LogP) is 2.82. The molecule has 1 aliphatic heterocycles. The summed E-state index contributed by atoms with van der Waals surface area (Å²) in [6.07, 6.45) is 3.41. The molecule has 1 aliphatic rings. The van der Waals surface area contributed by atoms with Gasteiger partial charge in [0.2, 0.25) is 0 Å². The molecule has 1 saturated heterocycles. The van der Waals surface area contributed by atoms with Gasteiger partial charge in [-0.3, -0.25) is 5.10 Å². The number of hydrogen-bond donors (Lipinski definition) is 1. The molecule has 1 N–H and O–H groups in total. The minimum Gasteiger partial charge on any atom is -0.381 e. The molecule has 1 unspecified atom stereocenters. The first-order valence-electron chi connectivity index (χ1n) is 5.94. The number of nitrogens with zero attached hydrogens (tertiary/aromatic N) is 1. The molecule has 0 bridgehead atoms. The molecule has 0 radical (unpaired) electrons. The molecule has 15 heavy (non-hydrogen) atoms. The Balaban J connectivity index is 2.05.